The summed E-state index contributed by atoms with van der Waals surface area (Å²) in [5, 5.41) is 2.73. The highest BCUT2D eigenvalue weighted by Crippen LogP contribution is 2.32. The van der Waals surface area contributed by atoms with Crippen molar-refractivity contribution >= 4 is 6.09 Å². The Labute approximate surface area is 97.2 Å². The summed E-state index contributed by atoms with van der Waals surface area (Å²) in [5.41, 5.74) is -0.435. The molecule has 0 saturated heterocycles. The Morgan fingerprint density at radius 3 is 2.62 bits per heavy atom. The predicted molar refractivity (Wildman–Crippen MR) is 62.0 cm³/mol. The first kappa shape index (κ1) is 12.8. The Bertz CT molecular complexity index is 282. The Hall–Kier alpha value is -1.24. The monoisotopic (exact) mass is 224 g/mol. The van der Waals surface area contributed by atoms with E-state index in [4.69, 9.17) is 11.3 Å². The minimum atomic E-state index is -0.435. The normalized spacial score (nSPS) is 24.1. The molecule has 1 aliphatic rings. The summed E-state index contributed by atoms with van der Waals surface area (Å²) in [4.78, 5) is 14.8. The molecule has 0 atom stereocenters. The van der Waals surface area contributed by atoms with Crippen LogP contribution in [0.4, 0.5) is 4.79 Å². The summed E-state index contributed by atoms with van der Waals surface area (Å²) >= 11 is 0. The molecule has 1 saturated carbocycles. The van der Waals surface area contributed by atoms with Gasteiger partial charge in [-0.15, -0.1) is 0 Å². The van der Waals surface area contributed by atoms with Crippen LogP contribution in [-0.4, -0.2) is 24.3 Å². The molecule has 16 heavy (non-hydrogen) atoms. The first-order valence-electron chi connectivity index (χ1n) is 5.74. The van der Waals surface area contributed by atoms with Crippen LogP contribution in [0.2, 0.25) is 0 Å². The van der Waals surface area contributed by atoms with E-state index in [1.165, 1.54) is 0 Å². The Morgan fingerprint density at radius 2 is 2.12 bits per heavy atom. The Morgan fingerprint density at radius 1 is 1.50 bits per heavy atom. The van der Waals surface area contributed by atoms with Gasteiger partial charge in [-0.2, -0.15) is 0 Å². The largest absolute Gasteiger partial charge is 0.444 e. The lowest BCUT2D eigenvalue weighted by molar-refractivity contribution is 0.0522. The molecule has 0 radical (unpaired) electrons. The molecule has 0 heterocycles. The van der Waals surface area contributed by atoms with Crippen LogP contribution in [0.25, 0.3) is 4.85 Å². The Balaban J connectivity index is 2.04. The van der Waals surface area contributed by atoms with Gasteiger partial charge in [-0.1, -0.05) is 0 Å². The molecule has 0 aromatic carbocycles. The van der Waals surface area contributed by atoms with Crippen LogP contribution in [0, 0.1) is 12.5 Å². The third-order valence-corrected chi connectivity index (χ3v) is 2.61. The van der Waals surface area contributed by atoms with Crippen molar-refractivity contribution in [1.29, 1.82) is 0 Å². The van der Waals surface area contributed by atoms with E-state index in [0.717, 1.165) is 19.3 Å². The zero-order valence-electron chi connectivity index (χ0n) is 10.2. The van der Waals surface area contributed by atoms with Gasteiger partial charge in [0.25, 0.3) is 0 Å². The maximum atomic E-state index is 11.3. The van der Waals surface area contributed by atoms with E-state index < -0.39 is 5.60 Å². The van der Waals surface area contributed by atoms with Gasteiger partial charge in [0.05, 0.1) is 0 Å². The average Bonchev–Trinajstić information content (AvgIpc) is 2.05. The molecular weight excluding hydrogens is 204 g/mol. The van der Waals surface area contributed by atoms with Crippen molar-refractivity contribution in [3.63, 3.8) is 0 Å². The van der Waals surface area contributed by atoms with Crippen molar-refractivity contribution in [2.24, 2.45) is 5.92 Å². The molecule has 0 aromatic rings. The molecule has 0 unspecified atom stereocenters. The summed E-state index contributed by atoms with van der Waals surface area (Å²) < 4.78 is 5.11. The van der Waals surface area contributed by atoms with E-state index in [-0.39, 0.29) is 12.1 Å². The number of ether oxygens (including phenoxy) is 1. The van der Waals surface area contributed by atoms with E-state index in [1.54, 1.807) is 0 Å². The lowest BCUT2D eigenvalue weighted by Gasteiger charge is -2.27. The molecule has 0 spiro atoms. The first-order chi connectivity index (χ1) is 7.40. The van der Waals surface area contributed by atoms with Gasteiger partial charge < -0.3 is 14.9 Å². The number of carbonyl (C=O) groups is 1. The standard InChI is InChI=1S/C12H20N2O2/c1-12(2,3)16-11(15)14-6-5-9-7-10(8-9)13-4/h9-10H,5-8H2,1-3H3,(H,14,15). The predicted octanol–water partition coefficient (Wildman–Crippen LogP) is 2.60. The number of hydrogen-bond acceptors (Lipinski definition) is 2. The average molecular weight is 224 g/mol. The second-order valence-electron chi connectivity index (χ2n) is 5.34. The van der Waals surface area contributed by atoms with Crippen molar-refractivity contribution < 1.29 is 9.53 Å². The van der Waals surface area contributed by atoms with Gasteiger partial charge in [0, 0.05) is 19.4 Å². The van der Waals surface area contributed by atoms with Crippen molar-refractivity contribution in [3.8, 4) is 0 Å². The molecule has 1 N–H and O–H groups in total. The summed E-state index contributed by atoms with van der Waals surface area (Å²) in [6.07, 6.45) is 2.57. The quantitative estimate of drug-likeness (QED) is 0.749. The summed E-state index contributed by atoms with van der Waals surface area (Å²) in [5.74, 6) is 0.606. The van der Waals surface area contributed by atoms with Gasteiger partial charge in [0.1, 0.15) is 5.60 Å². The fourth-order valence-electron chi connectivity index (χ4n) is 1.73. The summed E-state index contributed by atoms with van der Waals surface area (Å²) in [6.45, 7) is 13.0. The second kappa shape index (κ2) is 5.20. The second-order valence-corrected chi connectivity index (χ2v) is 5.34. The fraction of sp³-hybridized carbons (Fsp3) is 0.833. The van der Waals surface area contributed by atoms with Gasteiger partial charge in [-0.3, -0.25) is 0 Å². The zero-order chi connectivity index (χ0) is 12.2. The van der Waals surface area contributed by atoms with Gasteiger partial charge in [-0.25, -0.2) is 11.4 Å². The smallest absolute Gasteiger partial charge is 0.407 e. The third kappa shape index (κ3) is 4.52. The van der Waals surface area contributed by atoms with Crippen LogP contribution in [0.5, 0.6) is 0 Å². The Kier molecular flexibility index (Phi) is 4.17. The SMILES string of the molecule is [C-]#[N+]C1CC(CCNC(=O)OC(C)(C)C)C1. The molecule has 0 bridgehead atoms. The molecule has 4 nitrogen and oxygen atoms in total. The van der Waals surface area contributed by atoms with E-state index >= 15 is 0 Å². The lowest BCUT2D eigenvalue weighted by atomic mass is 9.79. The van der Waals surface area contributed by atoms with Crippen molar-refractivity contribution in [2.75, 3.05) is 6.54 Å². The number of hydrogen-bond donors (Lipinski definition) is 1. The zero-order valence-corrected chi connectivity index (χ0v) is 10.2. The minimum absolute atomic E-state index is 0.228. The highest BCUT2D eigenvalue weighted by atomic mass is 16.6. The molecule has 90 valence electrons. The molecule has 4 heteroatoms. The van der Waals surface area contributed by atoms with Gasteiger partial charge in [0.2, 0.25) is 6.04 Å². The summed E-state index contributed by atoms with van der Waals surface area (Å²) in [7, 11) is 0. The number of rotatable bonds is 3. The summed E-state index contributed by atoms with van der Waals surface area (Å²) in [6, 6.07) is 0.228. The molecular formula is C12H20N2O2. The lowest BCUT2D eigenvalue weighted by Crippen LogP contribution is -2.35. The number of carbonyl (C=O) groups excluding carboxylic acids is 1. The van der Waals surface area contributed by atoms with Crippen molar-refractivity contribution in [1.82, 2.24) is 5.32 Å². The number of alkyl carbamates (subject to hydrolysis) is 1. The van der Waals surface area contributed by atoms with Gasteiger partial charge >= 0.3 is 6.09 Å². The van der Waals surface area contributed by atoms with Crippen molar-refractivity contribution in [2.45, 2.75) is 51.7 Å². The molecule has 1 aliphatic carbocycles. The minimum Gasteiger partial charge on any atom is -0.444 e. The number of nitrogens with one attached hydrogen (secondary N) is 1. The van der Waals surface area contributed by atoms with E-state index in [0.29, 0.717) is 12.5 Å². The molecule has 1 fully saturated rings. The van der Waals surface area contributed by atoms with Crippen LogP contribution in [0.3, 0.4) is 0 Å². The maximum absolute atomic E-state index is 11.3. The van der Waals surface area contributed by atoms with Gasteiger partial charge in [0.15, 0.2) is 0 Å². The van der Waals surface area contributed by atoms with E-state index in [1.807, 2.05) is 20.8 Å². The highest BCUT2D eigenvalue weighted by Gasteiger charge is 2.33. The fourth-order valence-corrected chi connectivity index (χ4v) is 1.73. The van der Waals surface area contributed by atoms with E-state index in [9.17, 15) is 4.79 Å². The number of amides is 1. The maximum Gasteiger partial charge on any atom is 0.407 e. The topological polar surface area (TPSA) is 42.7 Å². The molecule has 1 amide bonds. The molecule has 1 rings (SSSR count). The van der Waals surface area contributed by atoms with E-state index in [2.05, 4.69) is 10.2 Å². The van der Waals surface area contributed by atoms with Crippen LogP contribution in [0.1, 0.15) is 40.0 Å². The third-order valence-electron chi connectivity index (χ3n) is 2.61. The van der Waals surface area contributed by atoms with Crippen LogP contribution < -0.4 is 5.32 Å². The highest BCUT2D eigenvalue weighted by molar-refractivity contribution is 5.67. The van der Waals surface area contributed by atoms with Crippen LogP contribution >= 0.6 is 0 Å². The first-order valence-corrected chi connectivity index (χ1v) is 5.74. The molecule has 0 aromatic heterocycles. The van der Waals surface area contributed by atoms with Crippen LogP contribution in [-0.2, 0) is 4.74 Å². The van der Waals surface area contributed by atoms with Crippen LogP contribution in [0.15, 0.2) is 0 Å². The number of nitrogens with zero attached hydrogens (tertiary/aromatic N) is 1. The van der Waals surface area contributed by atoms with Gasteiger partial charge in [-0.05, 0) is 33.1 Å². The molecule has 0 aliphatic heterocycles. The van der Waals surface area contributed by atoms with Crippen molar-refractivity contribution in [3.05, 3.63) is 11.4 Å².